The molecular weight excluding hydrogens is 303 g/mol. The Balaban J connectivity index is 1.74. The highest BCUT2D eigenvalue weighted by molar-refractivity contribution is 5.80. The van der Waals surface area contributed by atoms with Gasteiger partial charge in [0.1, 0.15) is 5.82 Å². The van der Waals surface area contributed by atoms with Crippen molar-refractivity contribution in [2.75, 3.05) is 6.54 Å². The van der Waals surface area contributed by atoms with Crippen molar-refractivity contribution in [2.45, 2.75) is 31.0 Å². The first-order valence-electron chi connectivity index (χ1n) is 8.45. The summed E-state index contributed by atoms with van der Waals surface area (Å²) in [5.41, 5.74) is 1.82. The van der Waals surface area contributed by atoms with Crippen molar-refractivity contribution in [1.82, 2.24) is 9.88 Å². The van der Waals surface area contributed by atoms with Gasteiger partial charge in [0.15, 0.2) is 0 Å². The van der Waals surface area contributed by atoms with Crippen LogP contribution in [0, 0.1) is 5.82 Å². The number of hydrogen-bond donors (Lipinski definition) is 2. The van der Waals surface area contributed by atoms with E-state index in [4.69, 9.17) is 0 Å². The lowest BCUT2D eigenvalue weighted by Gasteiger charge is -2.26. The standard InChI is InChI=1S/C20H21FN2O/c21-16-6-3-5-15(12-16)20(19(24)13-22-17-8-9-17)23-11-10-14-4-1-2-7-18(14)23/h1-7,10-12,17,19-20,22,24H,8-9,13H2/t19-,20?/m0/s1. The highest BCUT2D eigenvalue weighted by Crippen LogP contribution is 2.29. The minimum absolute atomic E-state index is 0.281. The number of nitrogens with zero attached hydrogens (tertiary/aromatic N) is 1. The topological polar surface area (TPSA) is 37.2 Å². The van der Waals surface area contributed by atoms with Crippen molar-refractivity contribution in [3.63, 3.8) is 0 Å². The second-order valence-electron chi connectivity index (χ2n) is 6.53. The fourth-order valence-corrected chi connectivity index (χ4v) is 3.29. The summed E-state index contributed by atoms with van der Waals surface area (Å²) in [4.78, 5) is 0. The van der Waals surface area contributed by atoms with Crippen LogP contribution in [-0.2, 0) is 0 Å². The molecule has 2 aromatic carbocycles. The van der Waals surface area contributed by atoms with Gasteiger partial charge >= 0.3 is 0 Å². The highest BCUT2D eigenvalue weighted by atomic mass is 19.1. The first kappa shape index (κ1) is 15.4. The largest absolute Gasteiger partial charge is 0.389 e. The number of fused-ring (bicyclic) bond motifs is 1. The summed E-state index contributed by atoms with van der Waals surface area (Å²) >= 11 is 0. The zero-order chi connectivity index (χ0) is 16.5. The summed E-state index contributed by atoms with van der Waals surface area (Å²) in [5.74, 6) is -0.281. The van der Waals surface area contributed by atoms with Gasteiger partial charge in [-0.2, -0.15) is 0 Å². The molecule has 1 unspecified atom stereocenters. The van der Waals surface area contributed by atoms with E-state index in [1.54, 1.807) is 6.07 Å². The lowest BCUT2D eigenvalue weighted by molar-refractivity contribution is 0.129. The van der Waals surface area contributed by atoms with Gasteiger partial charge < -0.3 is 15.0 Å². The maximum atomic E-state index is 13.8. The number of hydrogen-bond acceptors (Lipinski definition) is 2. The number of aromatic nitrogens is 1. The molecule has 24 heavy (non-hydrogen) atoms. The number of rotatable bonds is 6. The van der Waals surface area contributed by atoms with E-state index >= 15 is 0 Å². The van der Waals surface area contributed by atoms with E-state index in [-0.39, 0.29) is 11.9 Å². The molecule has 1 aliphatic rings. The van der Waals surface area contributed by atoms with Crippen LogP contribution < -0.4 is 5.32 Å². The van der Waals surface area contributed by atoms with Gasteiger partial charge in [-0.25, -0.2) is 4.39 Å². The monoisotopic (exact) mass is 324 g/mol. The third kappa shape index (κ3) is 3.07. The predicted octanol–water partition coefficient (Wildman–Crippen LogP) is 3.48. The molecule has 1 aromatic heterocycles. The molecule has 0 aliphatic heterocycles. The summed E-state index contributed by atoms with van der Waals surface area (Å²) in [6.45, 7) is 0.498. The SMILES string of the molecule is O[C@@H](CNC1CC1)C(c1cccc(F)c1)n1ccc2ccccc21. The average molecular weight is 324 g/mol. The lowest BCUT2D eigenvalue weighted by atomic mass is 10.0. The van der Waals surface area contributed by atoms with Crippen molar-refractivity contribution in [3.05, 3.63) is 72.2 Å². The molecule has 1 fully saturated rings. The van der Waals surface area contributed by atoms with E-state index in [0.717, 1.165) is 16.5 Å². The number of para-hydroxylation sites is 1. The van der Waals surface area contributed by atoms with Crippen LogP contribution in [-0.4, -0.2) is 28.4 Å². The molecule has 0 radical (unpaired) electrons. The Morgan fingerprint density at radius 3 is 2.75 bits per heavy atom. The normalized spacial score (nSPS) is 17.1. The number of aliphatic hydroxyl groups excluding tert-OH is 1. The number of benzene rings is 2. The smallest absolute Gasteiger partial charge is 0.123 e. The van der Waals surface area contributed by atoms with Gasteiger partial charge in [-0.3, -0.25) is 0 Å². The van der Waals surface area contributed by atoms with Gasteiger partial charge in [0.25, 0.3) is 0 Å². The second kappa shape index (κ2) is 6.38. The molecule has 3 nitrogen and oxygen atoms in total. The van der Waals surface area contributed by atoms with Gasteiger partial charge in [-0.05, 0) is 48.1 Å². The summed E-state index contributed by atoms with van der Waals surface area (Å²) in [6.07, 6.45) is 3.68. The highest BCUT2D eigenvalue weighted by Gasteiger charge is 2.27. The van der Waals surface area contributed by atoms with E-state index in [1.165, 1.54) is 25.0 Å². The Bertz CT molecular complexity index is 840. The third-order valence-corrected chi connectivity index (χ3v) is 4.68. The summed E-state index contributed by atoms with van der Waals surface area (Å²) < 4.78 is 15.8. The minimum Gasteiger partial charge on any atom is -0.389 e. The zero-order valence-electron chi connectivity index (χ0n) is 13.4. The summed E-state index contributed by atoms with van der Waals surface area (Å²) in [6, 6.07) is 16.8. The van der Waals surface area contributed by atoms with Crippen LogP contribution >= 0.6 is 0 Å². The summed E-state index contributed by atoms with van der Waals surface area (Å²) in [7, 11) is 0. The maximum Gasteiger partial charge on any atom is 0.123 e. The van der Waals surface area contributed by atoms with Crippen LogP contribution in [0.5, 0.6) is 0 Å². The Hall–Kier alpha value is -2.17. The van der Waals surface area contributed by atoms with E-state index in [1.807, 2.05) is 47.2 Å². The van der Waals surface area contributed by atoms with Gasteiger partial charge in [0.05, 0.1) is 12.1 Å². The Labute approximate surface area is 140 Å². The van der Waals surface area contributed by atoms with Crippen molar-refractivity contribution in [3.8, 4) is 0 Å². The quantitative estimate of drug-likeness (QED) is 0.728. The van der Waals surface area contributed by atoms with Gasteiger partial charge in [-0.1, -0.05) is 30.3 Å². The van der Waals surface area contributed by atoms with Crippen molar-refractivity contribution >= 4 is 10.9 Å². The van der Waals surface area contributed by atoms with Gasteiger partial charge in [-0.15, -0.1) is 0 Å². The molecule has 0 spiro atoms. The maximum absolute atomic E-state index is 13.8. The zero-order valence-corrected chi connectivity index (χ0v) is 13.4. The predicted molar refractivity (Wildman–Crippen MR) is 93.5 cm³/mol. The van der Waals surface area contributed by atoms with Crippen LogP contribution in [0.2, 0.25) is 0 Å². The second-order valence-corrected chi connectivity index (χ2v) is 6.53. The molecule has 124 valence electrons. The number of nitrogens with one attached hydrogen (secondary N) is 1. The number of halogens is 1. The molecule has 4 heteroatoms. The van der Waals surface area contributed by atoms with Crippen LogP contribution in [0.15, 0.2) is 60.8 Å². The Morgan fingerprint density at radius 2 is 1.96 bits per heavy atom. The van der Waals surface area contributed by atoms with E-state index in [9.17, 15) is 9.50 Å². The first-order valence-corrected chi connectivity index (χ1v) is 8.45. The van der Waals surface area contributed by atoms with Gasteiger partial charge in [0, 0.05) is 24.3 Å². The molecule has 2 atom stereocenters. The minimum atomic E-state index is -0.636. The molecule has 0 saturated heterocycles. The molecule has 4 rings (SSSR count). The van der Waals surface area contributed by atoms with Crippen molar-refractivity contribution < 1.29 is 9.50 Å². The van der Waals surface area contributed by atoms with Crippen LogP contribution in [0.25, 0.3) is 10.9 Å². The number of aliphatic hydroxyl groups is 1. The molecule has 1 saturated carbocycles. The lowest BCUT2D eigenvalue weighted by Crippen LogP contribution is -2.35. The molecule has 2 N–H and O–H groups in total. The van der Waals surface area contributed by atoms with Crippen molar-refractivity contribution in [2.24, 2.45) is 0 Å². The fourth-order valence-electron chi connectivity index (χ4n) is 3.29. The Kier molecular flexibility index (Phi) is 4.08. The molecule has 3 aromatic rings. The van der Waals surface area contributed by atoms with E-state index < -0.39 is 6.10 Å². The van der Waals surface area contributed by atoms with Crippen molar-refractivity contribution in [1.29, 1.82) is 0 Å². The average Bonchev–Trinajstić information content (AvgIpc) is 3.33. The first-order chi connectivity index (χ1) is 11.7. The fraction of sp³-hybridized carbons (Fsp3) is 0.300. The molecule has 1 heterocycles. The molecular formula is C20H21FN2O. The Morgan fingerprint density at radius 1 is 1.12 bits per heavy atom. The molecule has 0 amide bonds. The molecule has 0 bridgehead atoms. The van der Waals surface area contributed by atoms with E-state index in [0.29, 0.717) is 12.6 Å². The van der Waals surface area contributed by atoms with Gasteiger partial charge in [0.2, 0.25) is 0 Å². The molecule has 1 aliphatic carbocycles. The third-order valence-electron chi connectivity index (χ3n) is 4.68. The summed E-state index contributed by atoms with van der Waals surface area (Å²) in [5, 5.41) is 15.3. The van der Waals surface area contributed by atoms with Crippen LogP contribution in [0.3, 0.4) is 0 Å². The van der Waals surface area contributed by atoms with Crippen LogP contribution in [0.4, 0.5) is 4.39 Å². The van der Waals surface area contributed by atoms with Crippen LogP contribution in [0.1, 0.15) is 24.4 Å². The van der Waals surface area contributed by atoms with E-state index in [2.05, 4.69) is 5.32 Å².